The van der Waals surface area contributed by atoms with Crippen molar-refractivity contribution in [3.05, 3.63) is 30.6 Å². The lowest BCUT2D eigenvalue weighted by molar-refractivity contribution is -0.547. The summed E-state index contributed by atoms with van der Waals surface area (Å²) in [6.45, 7) is 0. The first-order valence-electron chi connectivity index (χ1n) is 2.57. The maximum Gasteiger partial charge on any atom is 0.338 e. The summed E-state index contributed by atoms with van der Waals surface area (Å²) >= 11 is 0. The zero-order chi connectivity index (χ0) is 6.53. The molecule has 1 N–H and O–H groups in total. The Balaban J connectivity index is 0. The molecule has 0 aliphatic heterocycles. The molecule has 3 nitrogen and oxygen atoms in total. The summed E-state index contributed by atoms with van der Waals surface area (Å²) in [5, 5.41) is 10.9. The summed E-state index contributed by atoms with van der Waals surface area (Å²) in [7, 11) is 0. The molecule has 1 aromatic heterocycles. The van der Waals surface area contributed by atoms with Gasteiger partial charge in [-0.15, -0.1) is 24.8 Å². The van der Waals surface area contributed by atoms with Gasteiger partial charge >= 0.3 is 6.34 Å². The van der Waals surface area contributed by atoms with Crippen LogP contribution < -0.4 is 4.57 Å². The maximum atomic E-state index is 8.07. The van der Waals surface area contributed by atoms with Crippen molar-refractivity contribution in [1.82, 2.24) is 0 Å². The Morgan fingerprint density at radius 2 is 1.64 bits per heavy atom. The Hall–Kier alpha value is -0.800. The van der Waals surface area contributed by atoms with Crippen molar-refractivity contribution in [3.63, 3.8) is 0 Å². The van der Waals surface area contributed by atoms with Crippen molar-refractivity contribution in [2.24, 2.45) is 5.16 Å². The molecule has 0 bridgehead atoms. The Bertz CT molecular complexity index is 203. The fraction of sp³-hybridized carbons (Fsp3) is 0. The summed E-state index contributed by atoms with van der Waals surface area (Å²) in [5.41, 5.74) is 0. The molecular formula is C6H9Cl2N2O+. The van der Waals surface area contributed by atoms with Crippen molar-refractivity contribution in [2.75, 3.05) is 0 Å². The Labute approximate surface area is 77.2 Å². The van der Waals surface area contributed by atoms with Gasteiger partial charge in [-0.1, -0.05) is 6.07 Å². The summed E-state index contributed by atoms with van der Waals surface area (Å²) < 4.78 is 1.64. The third-order valence-electron chi connectivity index (χ3n) is 0.924. The molecule has 0 saturated carbocycles. The van der Waals surface area contributed by atoms with E-state index in [0.29, 0.717) is 0 Å². The van der Waals surface area contributed by atoms with E-state index in [2.05, 4.69) is 5.16 Å². The molecule has 1 heterocycles. The van der Waals surface area contributed by atoms with Crippen molar-refractivity contribution < 1.29 is 9.77 Å². The average molecular weight is 196 g/mol. The highest BCUT2D eigenvalue weighted by Gasteiger charge is 1.85. The predicted octanol–water partition coefficient (Wildman–Crippen LogP) is 1.08. The van der Waals surface area contributed by atoms with E-state index >= 15 is 0 Å². The Morgan fingerprint density at radius 3 is 2.09 bits per heavy atom. The van der Waals surface area contributed by atoms with Gasteiger partial charge in [0.1, 0.15) is 5.16 Å². The van der Waals surface area contributed by atoms with E-state index in [0.717, 1.165) is 0 Å². The van der Waals surface area contributed by atoms with Crippen molar-refractivity contribution >= 4 is 31.2 Å². The van der Waals surface area contributed by atoms with Gasteiger partial charge in [0.25, 0.3) is 0 Å². The van der Waals surface area contributed by atoms with Gasteiger partial charge < -0.3 is 5.21 Å². The monoisotopic (exact) mass is 195 g/mol. The minimum absolute atomic E-state index is 0. The molecule has 11 heavy (non-hydrogen) atoms. The number of aromatic nitrogens is 1. The number of hydrogen-bond acceptors (Lipinski definition) is 2. The topological polar surface area (TPSA) is 36.5 Å². The lowest BCUT2D eigenvalue weighted by atomic mass is 10.5. The standard InChI is InChI=1S/C6H6N2O.2ClH/c9-7-6-8-4-2-1-3-5-8;;/h1-6H;2*1H/p+1. The molecule has 62 valence electrons. The zero-order valence-corrected chi connectivity index (χ0v) is 7.26. The highest BCUT2D eigenvalue weighted by Crippen LogP contribution is 1.72. The van der Waals surface area contributed by atoms with E-state index in [4.69, 9.17) is 5.21 Å². The van der Waals surface area contributed by atoms with Crippen LogP contribution in [0.25, 0.3) is 0 Å². The minimum atomic E-state index is 0. The van der Waals surface area contributed by atoms with Gasteiger partial charge in [-0.3, -0.25) is 0 Å². The highest BCUT2D eigenvalue weighted by molar-refractivity contribution is 5.85. The van der Waals surface area contributed by atoms with Gasteiger partial charge in [0.15, 0.2) is 0 Å². The average Bonchev–Trinajstić information content (AvgIpc) is 1.91. The van der Waals surface area contributed by atoms with E-state index in [1.165, 1.54) is 6.34 Å². The molecule has 1 rings (SSSR count). The molecular weight excluding hydrogens is 187 g/mol. The van der Waals surface area contributed by atoms with Crippen molar-refractivity contribution in [1.29, 1.82) is 0 Å². The van der Waals surface area contributed by atoms with E-state index < -0.39 is 0 Å². The minimum Gasteiger partial charge on any atom is -0.313 e. The summed E-state index contributed by atoms with van der Waals surface area (Å²) in [4.78, 5) is 0. The van der Waals surface area contributed by atoms with Gasteiger partial charge in [-0.05, 0) is 12.1 Å². The van der Waals surface area contributed by atoms with Crippen molar-refractivity contribution in [2.45, 2.75) is 0 Å². The van der Waals surface area contributed by atoms with Gasteiger partial charge in [0, 0.05) is 0 Å². The zero-order valence-electron chi connectivity index (χ0n) is 5.62. The largest absolute Gasteiger partial charge is 0.338 e. The third kappa shape index (κ3) is 4.58. The van der Waals surface area contributed by atoms with Crippen molar-refractivity contribution in [3.8, 4) is 0 Å². The van der Waals surface area contributed by atoms with Crippen LogP contribution in [0, 0.1) is 0 Å². The Morgan fingerprint density at radius 1 is 1.09 bits per heavy atom. The molecule has 1 aromatic rings. The first-order valence-corrected chi connectivity index (χ1v) is 2.57. The fourth-order valence-electron chi connectivity index (χ4n) is 0.549. The number of nitrogens with zero attached hydrogens (tertiary/aromatic N) is 2. The smallest absolute Gasteiger partial charge is 0.313 e. The van der Waals surface area contributed by atoms with Crippen LogP contribution >= 0.6 is 24.8 Å². The molecule has 0 aromatic carbocycles. The van der Waals surface area contributed by atoms with E-state index in [9.17, 15) is 0 Å². The Kier molecular flexibility index (Phi) is 8.53. The van der Waals surface area contributed by atoms with Gasteiger partial charge in [0.2, 0.25) is 0 Å². The van der Waals surface area contributed by atoms with Crippen LogP contribution in [0.5, 0.6) is 0 Å². The summed E-state index contributed by atoms with van der Waals surface area (Å²) in [5.74, 6) is 0. The fourth-order valence-corrected chi connectivity index (χ4v) is 0.549. The lowest BCUT2D eigenvalue weighted by Gasteiger charge is -1.82. The molecule has 0 radical (unpaired) electrons. The second-order valence-corrected chi connectivity index (χ2v) is 1.55. The SMILES string of the molecule is Cl.Cl.ON=C[n+]1ccccc1. The summed E-state index contributed by atoms with van der Waals surface area (Å²) in [6.07, 6.45) is 4.86. The molecule has 0 amide bonds. The van der Waals surface area contributed by atoms with Gasteiger partial charge in [0.05, 0.1) is 12.4 Å². The molecule has 0 aliphatic carbocycles. The first-order chi connectivity index (χ1) is 4.43. The predicted molar refractivity (Wildman–Crippen MR) is 46.8 cm³/mol. The second-order valence-electron chi connectivity index (χ2n) is 1.55. The number of pyridine rings is 1. The molecule has 0 fully saturated rings. The van der Waals surface area contributed by atoms with Crippen LogP contribution in [0.3, 0.4) is 0 Å². The van der Waals surface area contributed by atoms with Crippen LogP contribution in [0.2, 0.25) is 0 Å². The molecule has 0 unspecified atom stereocenters. The van der Waals surface area contributed by atoms with Crippen LogP contribution in [-0.2, 0) is 0 Å². The van der Waals surface area contributed by atoms with Crippen LogP contribution in [0.15, 0.2) is 35.7 Å². The molecule has 0 spiro atoms. The number of oxime groups is 1. The van der Waals surface area contributed by atoms with Gasteiger partial charge in [-0.2, -0.15) is 0 Å². The number of hydrogen-bond donors (Lipinski definition) is 1. The lowest BCUT2D eigenvalue weighted by Crippen LogP contribution is -2.31. The maximum absolute atomic E-state index is 8.07. The van der Waals surface area contributed by atoms with E-state index in [1.54, 1.807) is 17.0 Å². The van der Waals surface area contributed by atoms with Crippen LogP contribution in [0.4, 0.5) is 0 Å². The van der Waals surface area contributed by atoms with E-state index in [-0.39, 0.29) is 24.8 Å². The molecule has 5 heteroatoms. The van der Waals surface area contributed by atoms with Gasteiger partial charge in [-0.25, -0.2) is 4.57 Å². The number of rotatable bonds is 1. The first kappa shape index (κ1) is 12.8. The third-order valence-corrected chi connectivity index (χ3v) is 0.924. The van der Waals surface area contributed by atoms with Crippen LogP contribution in [0.1, 0.15) is 0 Å². The molecule has 0 atom stereocenters. The van der Waals surface area contributed by atoms with E-state index in [1.807, 2.05) is 18.2 Å². The summed E-state index contributed by atoms with van der Waals surface area (Å²) in [6, 6.07) is 5.59. The molecule has 0 aliphatic rings. The second kappa shape index (κ2) is 7.31. The van der Waals surface area contributed by atoms with Crippen LogP contribution in [-0.4, -0.2) is 11.5 Å². The number of halogens is 2. The normalized spacial score (nSPS) is 8.36. The molecule has 0 saturated heterocycles. The quantitative estimate of drug-likeness (QED) is 0.236. The highest BCUT2D eigenvalue weighted by atomic mass is 35.5.